The van der Waals surface area contributed by atoms with Gasteiger partial charge in [-0.15, -0.1) is 0 Å². The average Bonchev–Trinajstić information content (AvgIpc) is 2.89. The first-order chi connectivity index (χ1) is 9.96. The van der Waals surface area contributed by atoms with E-state index in [1.807, 2.05) is 6.07 Å². The second kappa shape index (κ2) is 5.83. The van der Waals surface area contributed by atoms with Crippen molar-refractivity contribution in [2.45, 2.75) is 13.3 Å². The summed E-state index contributed by atoms with van der Waals surface area (Å²) >= 11 is 0. The smallest absolute Gasteiger partial charge is 0.260 e. The Labute approximate surface area is 123 Å². The Balaban J connectivity index is 1.95. The van der Waals surface area contributed by atoms with Crippen LogP contribution in [0.1, 0.15) is 18.9 Å². The number of nitriles is 1. The molecule has 0 saturated carbocycles. The molecule has 1 heterocycles. The Bertz CT molecular complexity index is 608. The molecule has 1 unspecified atom stereocenters. The fourth-order valence-corrected chi connectivity index (χ4v) is 2.29. The molecule has 1 aromatic rings. The fourth-order valence-electron chi connectivity index (χ4n) is 2.29. The van der Waals surface area contributed by atoms with Gasteiger partial charge in [0.25, 0.3) is 5.91 Å². The summed E-state index contributed by atoms with van der Waals surface area (Å²) in [5.74, 6) is -0.230. The van der Waals surface area contributed by atoms with E-state index in [-0.39, 0.29) is 12.5 Å². The number of likely N-dealkylation sites (tertiary alicyclic amines) is 1. The van der Waals surface area contributed by atoms with Gasteiger partial charge in [-0.1, -0.05) is 12.1 Å². The quantitative estimate of drug-likeness (QED) is 0.879. The molecule has 1 fully saturated rings. The van der Waals surface area contributed by atoms with Crippen molar-refractivity contribution in [2.75, 3.05) is 19.7 Å². The molecule has 0 aromatic heterocycles. The summed E-state index contributed by atoms with van der Waals surface area (Å²) < 4.78 is 5.40. The van der Waals surface area contributed by atoms with Crippen molar-refractivity contribution in [1.29, 1.82) is 5.26 Å². The van der Waals surface area contributed by atoms with Crippen LogP contribution in [0.4, 0.5) is 0 Å². The Morgan fingerprint density at radius 2 is 2.19 bits per heavy atom. The van der Waals surface area contributed by atoms with Gasteiger partial charge in [-0.3, -0.25) is 9.59 Å². The Kier molecular flexibility index (Phi) is 4.13. The highest BCUT2D eigenvalue weighted by Gasteiger charge is 2.40. The lowest BCUT2D eigenvalue weighted by atomic mass is 9.89. The van der Waals surface area contributed by atoms with Crippen molar-refractivity contribution in [3.63, 3.8) is 0 Å². The molecule has 6 nitrogen and oxygen atoms in total. The molecule has 2 N–H and O–H groups in total. The summed E-state index contributed by atoms with van der Waals surface area (Å²) in [7, 11) is 0. The van der Waals surface area contributed by atoms with E-state index in [2.05, 4.69) is 0 Å². The van der Waals surface area contributed by atoms with Gasteiger partial charge in [0.2, 0.25) is 5.91 Å². The van der Waals surface area contributed by atoms with Gasteiger partial charge in [-0.25, -0.2) is 0 Å². The zero-order valence-corrected chi connectivity index (χ0v) is 11.8. The molecule has 2 rings (SSSR count). The van der Waals surface area contributed by atoms with Gasteiger partial charge in [-0.05, 0) is 25.5 Å². The van der Waals surface area contributed by atoms with E-state index in [4.69, 9.17) is 15.7 Å². The number of ether oxygens (including phenoxy) is 1. The molecule has 0 radical (unpaired) electrons. The van der Waals surface area contributed by atoms with E-state index in [0.717, 1.165) is 0 Å². The summed E-state index contributed by atoms with van der Waals surface area (Å²) in [5.41, 5.74) is 5.07. The van der Waals surface area contributed by atoms with E-state index >= 15 is 0 Å². The van der Waals surface area contributed by atoms with Gasteiger partial charge in [-0.2, -0.15) is 5.26 Å². The molecule has 6 heteroatoms. The number of primary amides is 1. The van der Waals surface area contributed by atoms with E-state index in [1.54, 1.807) is 36.1 Å². The molecule has 21 heavy (non-hydrogen) atoms. The lowest BCUT2D eigenvalue weighted by molar-refractivity contribution is -0.133. The fraction of sp³-hybridized carbons (Fsp3) is 0.400. The van der Waals surface area contributed by atoms with Crippen molar-refractivity contribution in [3.8, 4) is 11.8 Å². The van der Waals surface area contributed by atoms with Gasteiger partial charge in [0.05, 0.1) is 11.0 Å². The van der Waals surface area contributed by atoms with E-state index in [9.17, 15) is 9.59 Å². The highest BCUT2D eigenvalue weighted by molar-refractivity contribution is 5.84. The summed E-state index contributed by atoms with van der Waals surface area (Å²) in [5, 5.41) is 8.95. The molecule has 1 atom stereocenters. The molecule has 110 valence electrons. The van der Waals surface area contributed by atoms with Gasteiger partial charge in [0, 0.05) is 13.1 Å². The average molecular weight is 287 g/mol. The minimum Gasteiger partial charge on any atom is -0.482 e. The van der Waals surface area contributed by atoms with Crippen molar-refractivity contribution >= 4 is 11.8 Å². The van der Waals surface area contributed by atoms with E-state index in [0.29, 0.717) is 30.8 Å². The molecule has 0 spiro atoms. The first-order valence-corrected chi connectivity index (χ1v) is 6.66. The zero-order valence-electron chi connectivity index (χ0n) is 11.8. The molecular formula is C15H17N3O3. The van der Waals surface area contributed by atoms with Gasteiger partial charge in [0.1, 0.15) is 11.8 Å². The number of nitrogens with zero attached hydrogens (tertiary/aromatic N) is 2. The summed E-state index contributed by atoms with van der Waals surface area (Å²) in [6, 6.07) is 8.74. The molecule has 1 aliphatic rings. The molecule has 1 aromatic carbocycles. The van der Waals surface area contributed by atoms with Crippen LogP contribution in [-0.2, 0) is 9.59 Å². The number of hydrogen-bond acceptors (Lipinski definition) is 4. The Hall–Kier alpha value is -2.55. The van der Waals surface area contributed by atoms with E-state index < -0.39 is 11.3 Å². The first kappa shape index (κ1) is 14.9. The zero-order chi connectivity index (χ0) is 15.5. The number of nitrogens with two attached hydrogens (primary N) is 1. The standard InChI is InChI=1S/C15H17N3O3/c1-15(14(17)20)6-7-18(10-15)13(19)9-21-12-5-3-2-4-11(12)8-16/h2-5H,6-7,9-10H2,1H3,(H2,17,20). The predicted molar refractivity (Wildman–Crippen MR) is 75.2 cm³/mol. The molecule has 1 aliphatic heterocycles. The summed E-state index contributed by atoms with van der Waals surface area (Å²) in [6.07, 6.45) is 0.558. The van der Waals surface area contributed by atoms with E-state index in [1.165, 1.54) is 0 Å². The maximum Gasteiger partial charge on any atom is 0.260 e. The number of carbonyl (C=O) groups is 2. The third-order valence-corrected chi connectivity index (χ3v) is 3.78. The number of rotatable bonds is 4. The Morgan fingerprint density at radius 3 is 2.81 bits per heavy atom. The number of amides is 2. The van der Waals surface area contributed by atoms with Crippen LogP contribution in [-0.4, -0.2) is 36.4 Å². The highest BCUT2D eigenvalue weighted by Crippen LogP contribution is 2.29. The van der Waals surface area contributed by atoms with Crippen LogP contribution < -0.4 is 10.5 Å². The van der Waals surface area contributed by atoms with Gasteiger partial charge in [0.15, 0.2) is 6.61 Å². The number of para-hydroxylation sites is 1. The highest BCUT2D eigenvalue weighted by atomic mass is 16.5. The van der Waals surface area contributed by atoms with Crippen LogP contribution in [0.25, 0.3) is 0 Å². The predicted octanol–water partition coefficient (Wildman–Crippen LogP) is 0.661. The van der Waals surface area contributed by atoms with Crippen LogP contribution in [0.3, 0.4) is 0 Å². The molecule has 1 saturated heterocycles. The monoisotopic (exact) mass is 287 g/mol. The number of benzene rings is 1. The van der Waals surface area contributed by atoms with Crippen LogP contribution >= 0.6 is 0 Å². The second-order valence-corrected chi connectivity index (χ2v) is 5.39. The van der Waals surface area contributed by atoms with Crippen molar-refractivity contribution in [2.24, 2.45) is 11.1 Å². The maximum absolute atomic E-state index is 12.1. The second-order valence-electron chi connectivity index (χ2n) is 5.39. The van der Waals surface area contributed by atoms with Crippen LogP contribution in [0.5, 0.6) is 5.75 Å². The van der Waals surface area contributed by atoms with Gasteiger partial charge >= 0.3 is 0 Å². The number of carbonyl (C=O) groups excluding carboxylic acids is 2. The molecule has 2 amide bonds. The van der Waals surface area contributed by atoms with Crippen LogP contribution in [0.15, 0.2) is 24.3 Å². The lowest BCUT2D eigenvalue weighted by Crippen LogP contribution is -2.40. The minimum absolute atomic E-state index is 0.159. The summed E-state index contributed by atoms with van der Waals surface area (Å²) in [6.45, 7) is 2.40. The van der Waals surface area contributed by atoms with Crippen LogP contribution in [0.2, 0.25) is 0 Å². The van der Waals surface area contributed by atoms with Crippen molar-refractivity contribution < 1.29 is 14.3 Å². The first-order valence-electron chi connectivity index (χ1n) is 6.66. The van der Waals surface area contributed by atoms with Crippen LogP contribution in [0, 0.1) is 16.7 Å². The number of hydrogen-bond donors (Lipinski definition) is 1. The normalized spacial score (nSPS) is 20.9. The Morgan fingerprint density at radius 1 is 1.48 bits per heavy atom. The third-order valence-electron chi connectivity index (χ3n) is 3.78. The maximum atomic E-state index is 12.1. The third kappa shape index (κ3) is 3.14. The minimum atomic E-state index is -0.666. The van der Waals surface area contributed by atoms with Crippen molar-refractivity contribution in [3.05, 3.63) is 29.8 Å². The molecular weight excluding hydrogens is 270 g/mol. The topological polar surface area (TPSA) is 96.4 Å². The summed E-state index contributed by atoms with van der Waals surface area (Å²) in [4.78, 5) is 25.0. The molecule has 0 bridgehead atoms. The SMILES string of the molecule is CC1(C(N)=O)CCN(C(=O)COc2ccccc2C#N)C1. The molecule has 0 aliphatic carbocycles. The lowest BCUT2D eigenvalue weighted by Gasteiger charge is -2.21. The largest absolute Gasteiger partial charge is 0.482 e. The van der Waals surface area contributed by atoms with Crippen molar-refractivity contribution in [1.82, 2.24) is 4.90 Å². The van der Waals surface area contributed by atoms with Gasteiger partial charge < -0.3 is 15.4 Å².